The minimum absolute atomic E-state index is 0.116. The van der Waals surface area contributed by atoms with E-state index in [0.29, 0.717) is 0 Å². The summed E-state index contributed by atoms with van der Waals surface area (Å²) in [6.07, 6.45) is 8.07. The minimum Gasteiger partial charge on any atom is -0.0788 e. The van der Waals surface area contributed by atoms with Crippen LogP contribution >= 0.6 is 31.9 Å². The van der Waals surface area contributed by atoms with Gasteiger partial charge in [-0.2, -0.15) is 0 Å². The van der Waals surface area contributed by atoms with Gasteiger partial charge in [0.15, 0.2) is 0 Å². The molecule has 9 heavy (non-hydrogen) atoms. The highest BCUT2D eigenvalue weighted by Crippen LogP contribution is 2.38. The van der Waals surface area contributed by atoms with Gasteiger partial charge in [-0.05, 0) is 6.92 Å². The first-order valence-corrected chi connectivity index (χ1v) is 4.28. The zero-order valence-corrected chi connectivity index (χ0v) is 8.02. The highest BCUT2D eigenvalue weighted by atomic mass is 79.9. The molecule has 1 aliphatic carbocycles. The van der Waals surface area contributed by atoms with Crippen LogP contribution in [-0.2, 0) is 0 Å². The molecule has 0 spiro atoms. The highest BCUT2D eigenvalue weighted by Gasteiger charge is 2.26. The van der Waals surface area contributed by atoms with Crippen molar-refractivity contribution in [1.29, 1.82) is 0 Å². The number of allylic oxidation sites excluding steroid dienone is 4. The van der Waals surface area contributed by atoms with Crippen LogP contribution in [0.4, 0.5) is 0 Å². The lowest BCUT2D eigenvalue weighted by atomic mass is 10.0. The monoisotopic (exact) mass is 249 g/mol. The molecule has 49 valence electrons. The zero-order valence-electron chi connectivity index (χ0n) is 4.85. The average molecular weight is 251 g/mol. The molecule has 2 heteroatoms. The predicted octanol–water partition coefficient (Wildman–Crippen LogP) is 3.05. The fourth-order valence-corrected chi connectivity index (χ4v) is 1.24. The van der Waals surface area contributed by atoms with Crippen LogP contribution in [0.3, 0.4) is 0 Å². The summed E-state index contributed by atoms with van der Waals surface area (Å²) in [5.74, 6) is 0.266. The Bertz CT molecular complexity index is 156. The molecule has 1 rings (SSSR count). The van der Waals surface area contributed by atoms with Gasteiger partial charge >= 0.3 is 0 Å². The fraction of sp³-hybridized carbons (Fsp3) is 0.286. The van der Waals surface area contributed by atoms with Gasteiger partial charge in [-0.3, -0.25) is 0 Å². The highest BCUT2D eigenvalue weighted by molar-refractivity contribution is 9.25. The lowest BCUT2D eigenvalue weighted by molar-refractivity contribution is 0.813. The molecule has 0 amide bonds. The maximum absolute atomic E-state index is 3.92. The Kier molecular flexibility index (Phi) is 2.17. The second kappa shape index (κ2) is 2.59. The van der Waals surface area contributed by atoms with E-state index in [4.69, 9.17) is 0 Å². The van der Waals surface area contributed by atoms with Crippen molar-refractivity contribution in [1.82, 2.24) is 0 Å². The zero-order chi connectivity index (χ0) is 6.91. The fourth-order valence-electron chi connectivity index (χ4n) is 0.634. The predicted molar refractivity (Wildman–Crippen MR) is 47.7 cm³/mol. The van der Waals surface area contributed by atoms with Gasteiger partial charge < -0.3 is 0 Å². The summed E-state index contributed by atoms with van der Waals surface area (Å²) in [4.78, 5) is 0. The van der Waals surface area contributed by atoms with Crippen LogP contribution in [0.2, 0.25) is 0 Å². The minimum atomic E-state index is -0.116. The van der Waals surface area contributed by atoms with Gasteiger partial charge in [-0.1, -0.05) is 56.2 Å². The van der Waals surface area contributed by atoms with Gasteiger partial charge in [0, 0.05) is 5.92 Å². The molecular formula is C7H7Br2. The summed E-state index contributed by atoms with van der Waals surface area (Å²) in [5, 5.41) is 0. The Morgan fingerprint density at radius 2 is 2.00 bits per heavy atom. The quantitative estimate of drug-likeness (QED) is 0.580. The maximum atomic E-state index is 3.92. The number of rotatable bonds is 0. The molecule has 1 unspecified atom stereocenters. The van der Waals surface area contributed by atoms with E-state index in [0.717, 1.165) is 0 Å². The third kappa shape index (κ3) is 1.68. The van der Waals surface area contributed by atoms with Crippen molar-refractivity contribution < 1.29 is 0 Å². The second-order valence-corrected chi connectivity index (χ2v) is 5.71. The number of hydrogen-bond acceptors (Lipinski definition) is 0. The van der Waals surface area contributed by atoms with Crippen LogP contribution in [0, 0.1) is 12.8 Å². The van der Waals surface area contributed by atoms with Crippen LogP contribution in [0.25, 0.3) is 0 Å². The van der Waals surface area contributed by atoms with Crippen LogP contribution < -0.4 is 0 Å². The molecule has 0 aromatic carbocycles. The Balaban J connectivity index is 2.78. The lowest BCUT2D eigenvalue weighted by Crippen LogP contribution is -2.18. The van der Waals surface area contributed by atoms with Gasteiger partial charge in [0.1, 0.15) is 3.23 Å². The Hall–Kier alpha value is 0.440. The molecule has 1 atom stereocenters. The van der Waals surface area contributed by atoms with Crippen molar-refractivity contribution in [3.8, 4) is 0 Å². The summed E-state index contributed by atoms with van der Waals surface area (Å²) in [7, 11) is 0. The Labute approximate surface area is 72.3 Å². The van der Waals surface area contributed by atoms with Gasteiger partial charge in [-0.25, -0.2) is 0 Å². The van der Waals surface area contributed by atoms with Gasteiger partial charge in [0.2, 0.25) is 0 Å². The Morgan fingerprint density at radius 3 is 2.33 bits per heavy atom. The van der Waals surface area contributed by atoms with E-state index in [1.165, 1.54) is 0 Å². The maximum Gasteiger partial charge on any atom is 0.105 e. The lowest BCUT2D eigenvalue weighted by Gasteiger charge is -2.23. The van der Waals surface area contributed by atoms with Crippen molar-refractivity contribution in [3.05, 3.63) is 31.2 Å². The summed E-state index contributed by atoms with van der Waals surface area (Å²) < 4.78 is -0.116. The SMILES string of the molecule is [CH2]C1C=CC=CC1(Br)Br. The molecule has 0 aliphatic heterocycles. The van der Waals surface area contributed by atoms with Crippen LogP contribution in [0.1, 0.15) is 0 Å². The topological polar surface area (TPSA) is 0 Å². The van der Waals surface area contributed by atoms with Gasteiger partial charge in [-0.15, -0.1) is 0 Å². The molecule has 0 saturated carbocycles. The third-order valence-corrected chi connectivity index (χ3v) is 2.97. The first-order valence-electron chi connectivity index (χ1n) is 2.70. The Morgan fingerprint density at radius 1 is 1.33 bits per heavy atom. The molecule has 0 nitrogen and oxygen atoms in total. The molecule has 0 bridgehead atoms. The molecular weight excluding hydrogens is 244 g/mol. The van der Waals surface area contributed by atoms with Crippen LogP contribution in [0.5, 0.6) is 0 Å². The van der Waals surface area contributed by atoms with E-state index in [9.17, 15) is 0 Å². The first kappa shape index (κ1) is 7.55. The van der Waals surface area contributed by atoms with Crippen molar-refractivity contribution in [3.63, 3.8) is 0 Å². The molecule has 0 N–H and O–H groups in total. The first-order chi connectivity index (χ1) is 4.13. The number of hydrogen-bond donors (Lipinski definition) is 0. The average Bonchev–Trinajstić information content (AvgIpc) is 1.77. The van der Waals surface area contributed by atoms with E-state index < -0.39 is 0 Å². The van der Waals surface area contributed by atoms with Crippen LogP contribution in [-0.4, -0.2) is 3.23 Å². The standard InChI is InChI=1S/C7H7Br2/c1-6-4-2-3-5-7(6,8)9/h2-6H,1H2. The van der Waals surface area contributed by atoms with E-state index >= 15 is 0 Å². The number of alkyl halides is 2. The molecule has 1 aliphatic rings. The van der Waals surface area contributed by atoms with Crippen molar-refractivity contribution in [2.75, 3.05) is 0 Å². The summed E-state index contributed by atoms with van der Waals surface area (Å²) in [6, 6.07) is 0. The number of halogens is 2. The van der Waals surface area contributed by atoms with E-state index in [1.54, 1.807) is 0 Å². The second-order valence-electron chi connectivity index (χ2n) is 2.03. The molecule has 1 radical (unpaired) electrons. The molecule has 0 heterocycles. The molecule has 0 saturated heterocycles. The summed E-state index contributed by atoms with van der Waals surface area (Å²) >= 11 is 6.95. The van der Waals surface area contributed by atoms with E-state index in [1.807, 2.05) is 24.3 Å². The van der Waals surface area contributed by atoms with Crippen molar-refractivity contribution in [2.24, 2.45) is 5.92 Å². The summed E-state index contributed by atoms with van der Waals surface area (Å²) in [5.41, 5.74) is 0. The molecule has 0 aromatic rings. The molecule has 0 fully saturated rings. The van der Waals surface area contributed by atoms with E-state index in [-0.39, 0.29) is 9.15 Å². The van der Waals surface area contributed by atoms with Crippen LogP contribution in [0.15, 0.2) is 24.3 Å². The summed E-state index contributed by atoms with van der Waals surface area (Å²) in [6.45, 7) is 3.92. The largest absolute Gasteiger partial charge is 0.105 e. The van der Waals surface area contributed by atoms with Gasteiger partial charge in [0.05, 0.1) is 0 Å². The van der Waals surface area contributed by atoms with Crippen molar-refractivity contribution >= 4 is 31.9 Å². The van der Waals surface area contributed by atoms with E-state index in [2.05, 4.69) is 38.8 Å². The van der Waals surface area contributed by atoms with Gasteiger partial charge in [0.25, 0.3) is 0 Å². The normalized spacial score (nSPS) is 30.8. The third-order valence-electron chi connectivity index (χ3n) is 1.27. The molecule has 0 aromatic heterocycles. The smallest absolute Gasteiger partial charge is 0.0788 e. The van der Waals surface area contributed by atoms with Crippen molar-refractivity contribution in [2.45, 2.75) is 3.23 Å².